The van der Waals surface area contributed by atoms with Gasteiger partial charge in [-0.3, -0.25) is 19.7 Å². The Labute approximate surface area is 222 Å². The Hall–Kier alpha value is -2.21. The topological polar surface area (TPSA) is 156 Å². The number of rotatable bonds is 16. The first-order valence-corrected chi connectivity index (χ1v) is 13.3. The lowest BCUT2D eigenvalue weighted by atomic mass is 9.93. The molecule has 0 bridgehead atoms. The van der Waals surface area contributed by atoms with Crippen LogP contribution in [0.1, 0.15) is 74.1 Å². The van der Waals surface area contributed by atoms with Crippen molar-refractivity contribution in [2.24, 2.45) is 11.7 Å². The van der Waals surface area contributed by atoms with Crippen molar-refractivity contribution in [2.45, 2.75) is 103 Å². The van der Waals surface area contributed by atoms with Gasteiger partial charge in [-0.25, -0.2) is 4.79 Å². The monoisotopic (exact) mass is 526 g/mol. The summed E-state index contributed by atoms with van der Waals surface area (Å²) in [4.78, 5) is 42.7. The molecule has 2 atom stereocenters. The van der Waals surface area contributed by atoms with Crippen LogP contribution >= 0.6 is 0 Å². The molecule has 1 fully saturated rings. The van der Waals surface area contributed by atoms with Crippen molar-refractivity contribution in [3.05, 3.63) is 12.2 Å². The number of carbonyl (C=O) groups excluding carboxylic acids is 3. The average Bonchev–Trinajstić information content (AvgIpc) is 3.25. The van der Waals surface area contributed by atoms with E-state index >= 15 is 0 Å². The number of ether oxygens (including phenoxy) is 1. The third kappa shape index (κ3) is 13.8. The quantitative estimate of drug-likeness (QED) is 0.101. The van der Waals surface area contributed by atoms with E-state index in [9.17, 15) is 14.4 Å². The van der Waals surface area contributed by atoms with Crippen LogP contribution in [0.25, 0.3) is 0 Å². The highest BCUT2D eigenvalue weighted by atomic mass is 16.6. The Balaban J connectivity index is 2.89. The number of carbonyl (C=O) groups is 3. The maximum absolute atomic E-state index is 13.4. The lowest BCUT2D eigenvalue weighted by Gasteiger charge is -2.36. The largest absolute Gasteiger partial charge is 0.377 e. The van der Waals surface area contributed by atoms with Crippen LogP contribution in [0.5, 0.6) is 0 Å². The molecule has 37 heavy (non-hydrogen) atoms. The maximum Gasteiger partial charge on any atom is 0.312 e. The second-order valence-corrected chi connectivity index (χ2v) is 11.4. The number of urea groups is 1. The number of nitrogens with two attached hydrogens (primary N) is 1. The third-order valence-electron chi connectivity index (χ3n) is 5.85. The van der Waals surface area contributed by atoms with Crippen molar-refractivity contribution in [2.75, 3.05) is 26.3 Å². The molecule has 0 heterocycles. The zero-order valence-electron chi connectivity index (χ0n) is 23.7. The Bertz CT molecular complexity index is 744. The maximum atomic E-state index is 13.4. The summed E-state index contributed by atoms with van der Waals surface area (Å²) >= 11 is 0. The first-order valence-electron chi connectivity index (χ1n) is 13.3. The number of primary amides is 1. The second kappa shape index (κ2) is 15.9. The van der Waals surface area contributed by atoms with Gasteiger partial charge in [0, 0.05) is 24.2 Å². The predicted octanol–water partition coefficient (Wildman–Crippen LogP) is 1.48. The Morgan fingerprint density at radius 1 is 1.03 bits per heavy atom. The lowest BCUT2D eigenvalue weighted by Crippen LogP contribution is -2.60. The van der Waals surface area contributed by atoms with E-state index in [-0.39, 0.29) is 54.6 Å². The highest BCUT2D eigenvalue weighted by molar-refractivity contribution is 5.91. The summed E-state index contributed by atoms with van der Waals surface area (Å²) in [6.07, 6.45) is 7.24. The molecular formula is C26H50N6O5. The fourth-order valence-electron chi connectivity index (χ4n) is 3.98. The molecule has 0 aromatic carbocycles. The van der Waals surface area contributed by atoms with Crippen molar-refractivity contribution in [3.8, 4) is 0 Å². The Morgan fingerprint density at radius 3 is 2.22 bits per heavy atom. The number of hydrogen-bond donors (Lipinski definition) is 6. The van der Waals surface area contributed by atoms with Crippen molar-refractivity contribution >= 4 is 17.8 Å². The van der Waals surface area contributed by atoms with Gasteiger partial charge in [-0.05, 0) is 53.4 Å². The van der Waals surface area contributed by atoms with Gasteiger partial charge in [-0.1, -0.05) is 38.8 Å². The summed E-state index contributed by atoms with van der Waals surface area (Å²) in [6, 6.07) is -2.12. The van der Waals surface area contributed by atoms with Gasteiger partial charge >= 0.3 is 6.03 Å². The lowest BCUT2D eigenvalue weighted by molar-refractivity contribution is -0.130. The van der Waals surface area contributed by atoms with E-state index in [2.05, 4.69) is 26.7 Å². The molecule has 1 saturated carbocycles. The van der Waals surface area contributed by atoms with Crippen LogP contribution in [0.3, 0.4) is 0 Å². The average molecular weight is 527 g/mol. The molecule has 0 radical (unpaired) electrons. The van der Waals surface area contributed by atoms with Gasteiger partial charge in [-0.15, -0.1) is 0 Å². The minimum Gasteiger partial charge on any atom is -0.377 e. The molecular weight excluding hydrogens is 476 g/mol. The summed E-state index contributed by atoms with van der Waals surface area (Å²) in [7, 11) is 0. The minimum atomic E-state index is -0.938. The molecule has 1 rings (SSSR count). The smallest absolute Gasteiger partial charge is 0.312 e. The van der Waals surface area contributed by atoms with Gasteiger partial charge in [-0.2, -0.15) is 5.48 Å². The SMILES string of the molecule is CC(C)OCC1(N[C@H](C(=O)N[C@@H](/C=C/CNC(N)=O)C(=O)NCCONC(C)(C)C)C(C)C)CCCC1. The first kappa shape index (κ1) is 32.8. The Morgan fingerprint density at radius 2 is 1.68 bits per heavy atom. The van der Waals surface area contributed by atoms with E-state index in [1.807, 2.05) is 48.5 Å². The molecule has 1 aliphatic rings. The Kier molecular flexibility index (Phi) is 14.1. The van der Waals surface area contributed by atoms with Crippen molar-refractivity contribution in [1.29, 1.82) is 0 Å². The van der Waals surface area contributed by atoms with Crippen molar-refractivity contribution in [3.63, 3.8) is 0 Å². The summed E-state index contributed by atoms with van der Waals surface area (Å²) in [6.45, 7) is 15.0. The molecule has 4 amide bonds. The van der Waals surface area contributed by atoms with Gasteiger partial charge in [0.15, 0.2) is 0 Å². The van der Waals surface area contributed by atoms with Gasteiger partial charge < -0.3 is 26.4 Å². The zero-order valence-corrected chi connectivity index (χ0v) is 23.7. The molecule has 0 aromatic rings. The fourth-order valence-corrected chi connectivity index (χ4v) is 3.98. The molecule has 0 saturated heterocycles. The molecule has 0 unspecified atom stereocenters. The number of hydroxylamine groups is 1. The van der Waals surface area contributed by atoms with Crippen LogP contribution in [0.4, 0.5) is 4.79 Å². The summed E-state index contributed by atoms with van der Waals surface area (Å²) < 4.78 is 5.95. The number of hydrogen-bond acceptors (Lipinski definition) is 7. The third-order valence-corrected chi connectivity index (χ3v) is 5.85. The van der Waals surface area contributed by atoms with Crippen LogP contribution in [0.2, 0.25) is 0 Å². The van der Waals surface area contributed by atoms with Gasteiger partial charge in [0.2, 0.25) is 11.8 Å². The highest BCUT2D eigenvalue weighted by Gasteiger charge is 2.39. The number of nitrogens with one attached hydrogen (secondary N) is 5. The van der Waals surface area contributed by atoms with E-state index in [0.29, 0.717) is 6.61 Å². The summed E-state index contributed by atoms with van der Waals surface area (Å²) in [5, 5.41) is 11.7. The van der Waals surface area contributed by atoms with E-state index in [1.165, 1.54) is 0 Å². The molecule has 1 aliphatic carbocycles. The molecule has 7 N–H and O–H groups in total. The van der Waals surface area contributed by atoms with E-state index < -0.39 is 18.1 Å². The normalized spacial score (nSPS) is 17.2. The molecule has 0 aliphatic heterocycles. The van der Waals surface area contributed by atoms with Crippen molar-refractivity contribution in [1.82, 2.24) is 26.7 Å². The molecule has 0 spiro atoms. The molecule has 214 valence electrons. The van der Waals surface area contributed by atoms with E-state index in [4.69, 9.17) is 15.3 Å². The molecule has 11 nitrogen and oxygen atoms in total. The van der Waals surface area contributed by atoms with Crippen LogP contribution in [0.15, 0.2) is 12.2 Å². The summed E-state index contributed by atoms with van der Waals surface area (Å²) in [5.74, 6) is -0.675. The number of amides is 4. The fraction of sp³-hybridized carbons (Fsp3) is 0.808. The summed E-state index contributed by atoms with van der Waals surface area (Å²) in [5.41, 5.74) is 7.51. The van der Waals surface area contributed by atoms with Gasteiger partial charge in [0.05, 0.1) is 25.4 Å². The van der Waals surface area contributed by atoms with Crippen LogP contribution in [-0.2, 0) is 19.2 Å². The van der Waals surface area contributed by atoms with Crippen LogP contribution in [0, 0.1) is 5.92 Å². The highest BCUT2D eigenvalue weighted by Crippen LogP contribution is 2.31. The standard InChI is InChI=1S/C26H50N6O5/c1-18(2)21(31-26(12-8-9-13-26)17-36-19(3)4)23(34)30-20(11-10-14-29-24(27)35)22(33)28-15-16-37-32-25(5,6)7/h10-11,18-21,31-32H,8-9,12-17H2,1-7H3,(H,28,33)(H,30,34)(H3,27,29,35)/b11-10+/t20-,21-/m0/s1. The van der Waals surface area contributed by atoms with Gasteiger partial charge in [0.1, 0.15) is 6.04 Å². The molecule has 11 heteroatoms. The van der Waals surface area contributed by atoms with Crippen LogP contribution < -0.4 is 32.5 Å². The van der Waals surface area contributed by atoms with E-state index in [1.54, 1.807) is 12.2 Å². The second-order valence-electron chi connectivity index (χ2n) is 11.4. The van der Waals surface area contributed by atoms with Crippen molar-refractivity contribution < 1.29 is 24.0 Å². The van der Waals surface area contributed by atoms with E-state index in [0.717, 1.165) is 25.7 Å². The predicted molar refractivity (Wildman–Crippen MR) is 145 cm³/mol. The first-order chi connectivity index (χ1) is 17.2. The minimum absolute atomic E-state index is 0.0161. The van der Waals surface area contributed by atoms with Gasteiger partial charge in [0.25, 0.3) is 0 Å². The zero-order chi connectivity index (χ0) is 28.1. The molecule has 0 aromatic heterocycles. The van der Waals surface area contributed by atoms with Crippen LogP contribution in [-0.4, -0.2) is 73.4 Å².